The van der Waals surface area contributed by atoms with Gasteiger partial charge < -0.3 is 10.1 Å². The number of nitrogens with one attached hydrogen (secondary N) is 1. The molecule has 1 aromatic rings. The van der Waals surface area contributed by atoms with Crippen LogP contribution in [-0.2, 0) is 0 Å². The lowest BCUT2D eigenvalue weighted by Gasteiger charge is -2.26. The van der Waals surface area contributed by atoms with Crippen LogP contribution in [0.5, 0.6) is 5.75 Å². The summed E-state index contributed by atoms with van der Waals surface area (Å²) in [4.78, 5) is 2.13. The predicted octanol–water partition coefficient (Wildman–Crippen LogP) is 2.09. The maximum absolute atomic E-state index is 5.45. The van der Waals surface area contributed by atoms with Crippen LogP contribution in [-0.4, -0.2) is 33.2 Å². The Morgan fingerprint density at radius 3 is 2.19 bits per heavy atom. The van der Waals surface area contributed by atoms with E-state index >= 15 is 0 Å². The van der Waals surface area contributed by atoms with Gasteiger partial charge in [0.2, 0.25) is 0 Å². The van der Waals surface area contributed by atoms with E-state index in [1.54, 1.807) is 7.11 Å². The Balaban J connectivity index is 3.24. The first kappa shape index (κ1) is 13.0. The van der Waals surface area contributed by atoms with Gasteiger partial charge in [0.25, 0.3) is 0 Å². The van der Waals surface area contributed by atoms with Gasteiger partial charge in [-0.2, -0.15) is 0 Å². The Kier molecular flexibility index (Phi) is 4.33. The Labute approximate surface area is 98.4 Å². The molecule has 1 unspecified atom stereocenters. The molecule has 1 aromatic carbocycles. The van der Waals surface area contributed by atoms with Crippen molar-refractivity contribution in [1.29, 1.82) is 0 Å². The van der Waals surface area contributed by atoms with Crippen molar-refractivity contribution in [2.24, 2.45) is 0 Å². The molecule has 0 amide bonds. The Morgan fingerprint density at radius 2 is 1.75 bits per heavy atom. The number of aryl methyl sites for hydroxylation is 2. The minimum Gasteiger partial charge on any atom is -0.496 e. The highest BCUT2D eigenvalue weighted by Crippen LogP contribution is 2.29. The molecule has 0 aromatic heterocycles. The summed E-state index contributed by atoms with van der Waals surface area (Å²) in [6.07, 6.45) is 0.175. The van der Waals surface area contributed by atoms with E-state index in [0.29, 0.717) is 0 Å². The number of nitrogens with zero attached hydrogens (tertiary/aromatic N) is 1. The van der Waals surface area contributed by atoms with Gasteiger partial charge in [-0.3, -0.25) is 4.90 Å². The van der Waals surface area contributed by atoms with Crippen LogP contribution >= 0.6 is 0 Å². The van der Waals surface area contributed by atoms with Crippen molar-refractivity contribution in [2.75, 3.05) is 28.3 Å². The Bertz CT molecular complexity index is 361. The molecule has 0 fully saturated rings. The van der Waals surface area contributed by atoms with E-state index < -0.39 is 0 Å². The summed E-state index contributed by atoms with van der Waals surface area (Å²) < 4.78 is 5.45. The zero-order valence-corrected chi connectivity index (χ0v) is 11.1. The topological polar surface area (TPSA) is 24.5 Å². The SMILES string of the molecule is CNC(c1cc(C)c(C)cc1OC)N(C)C. The van der Waals surface area contributed by atoms with Gasteiger partial charge >= 0.3 is 0 Å². The highest BCUT2D eigenvalue weighted by Gasteiger charge is 2.17. The van der Waals surface area contributed by atoms with Gasteiger partial charge in [-0.25, -0.2) is 0 Å². The van der Waals surface area contributed by atoms with Crippen molar-refractivity contribution in [3.05, 3.63) is 28.8 Å². The van der Waals surface area contributed by atoms with Crippen LogP contribution in [0, 0.1) is 13.8 Å². The average molecular weight is 222 g/mol. The zero-order valence-electron chi connectivity index (χ0n) is 11.1. The van der Waals surface area contributed by atoms with E-state index in [4.69, 9.17) is 4.74 Å². The Morgan fingerprint density at radius 1 is 1.19 bits per heavy atom. The fraction of sp³-hybridized carbons (Fsp3) is 0.538. The van der Waals surface area contributed by atoms with E-state index in [1.165, 1.54) is 16.7 Å². The number of methoxy groups -OCH3 is 1. The minimum atomic E-state index is 0.175. The van der Waals surface area contributed by atoms with E-state index in [-0.39, 0.29) is 6.17 Å². The zero-order chi connectivity index (χ0) is 12.3. The summed E-state index contributed by atoms with van der Waals surface area (Å²) in [5.41, 5.74) is 3.73. The molecule has 0 spiro atoms. The highest BCUT2D eigenvalue weighted by molar-refractivity contribution is 5.43. The number of hydrogen-bond acceptors (Lipinski definition) is 3. The third kappa shape index (κ3) is 2.54. The average Bonchev–Trinajstić information content (AvgIpc) is 2.23. The summed E-state index contributed by atoms with van der Waals surface area (Å²) in [5, 5.41) is 3.29. The summed E-state index contributed by atoms with van der Waals surface area (Å²) >= 11 is 0. The molecule has 0 heterocycles. The maximum atomic E-state index is 5.45. The van der Waals surface area contributed by atoms with Gasteiger partial charge in [0.1, 0.15) is 5.75 Å². The van der Waals surface area contributed by atoms with Crippen molar-refractivity contribution in [3.8, 4) is 5.75 Å². The van der Waals surface area contributed by atoms with Crippen molar-refractivity contribution in [3.63, 3.8) is 0 Å². The largest absolute Gasteiger partial charge is 0.496 e. The van der Waals surface area contributed by atoms with Crippen LogP contribution in [0.25, 0.3) is 0 Å². The lowest BCUT2D eigenvalue weighted by Crippen LogP contribution is -2.31. The minimum absolute atomic E-state index is 0.175. The van der Waals surface area contributed by atoms with Crippen LogP contribution in [0.1, 0.15) is 22.9 Å². The second kappa shape index (κ2) is 5.32. The molecular weight excluding hydrogens is 200 g/mol. The summed E-state index contributed by atoms with van der Waals surface area (Å²) in [7, 11) is 7.78. The second-order valence-electron chi connectivity index (χ2n) is 4.33. The van der Waals surface area contributed by atoms with Crippen molar-refractivity contribution in [2.45, 2.75) is 20.0 Å². The van der Waals surface area contributed by atoms with Crippen molar-refractivity contribution in [1.82, 2.24) is 10.2 Å². The van der Waals surface area contributed by atoms with Gasteiger partial charge in [0, 0.05) is 5.56 Å². The molecule has 0 radical (unpaired) electrons. The van der Waals surface area contributed by atoms with Crippen LogP contribution in [0.3, 0.4) is 0 Å². The van der Waals surface area contributed by atoms with Crippen molar-refractivity contribution < 1.29 is 4.74 Å². The van der Waals surface area contributed by atoms with Gasteiger partial charge in [-0.15, -0.1) is 0 Å². The molecule has 0 aliphatic rings. The monoisotopic (exact) mass is 222 g/mol. The lowest BCUT2D eigenvalue weighted by atomic mass is 10.0. The quantitative estimate of drug-likeness (QED) is 0.790. The molecule has 0 saturated carbocycles. The molecule has 0 aliphatic carbocycles. The third-order valence-corrected chi connectivity index (χ3v) is 2.93. The van der Waals surface area contributed by atoms with Gasteiger partial charge in [-0.05, 0) is 58.3 Å². The van der Waals surface area contributed by atoms with Crippen LogP contribution in [0.4, 0.5) is 0 Å². The molecule has 0 bridgehead atoms. The molecule has 1 atom stereocenters. The second-order valence-corrected chi connectivity index (χ2v) is 4.33. The predicted molar refractivity (Wildman–Crippen MR) is 68.0 cm³/mol. The number of hydrogen-bond donors (Lipinski definition) is 1. The summed E-state index contributed by atoms with van der Waals surface area (Å²) in [6, 6.07) is 4.29. The van der Waals surface area contributed by atoms with Gasteiger partial charge in [0.05, 0.1) is 13.3 Å². The number of rotatable bonds is 4. The first-order chi connectivity index (χ1) is 7.51. The molecule has 0 aliphatic heterocycles. The van der Waals surface area contributed by atoms with Gasteiger partial charge in [-0.1, -0.05) is 0 Å². The third-order valence-electron chi connectivity index (χ3n) is 2.93. The molecule has 16 heavy (non-hydrogen) atoms. The van der Waals surface area contributed by atoms with Crippen LogP contribution in [0.15, 0.2) is 12.1 Å². The lowest BCUT2D eigenvalue weighted by molar-refractivity contribution is 0.256. The van der Waals surface area contributed by atoms with E-state index in [1.807, 2.05) is 7.05 Å². The van der Waals surface area contributed by atoms with Crippen LogP contribution < -0.4 is 10.1 Å². The molecular formula is C13H22N2O. The van der Waals surface area contributed by atoms with E-state index in [9.17, 15) is 0 Å². The first-order valence-electron chi connectivity index (χ1n) is 5.50. The fourth-order valence-electron chi connectivity index (χ4n) is 1.89. The Hall–Kier alpha value is -1.06. The smallest absolute Gasteiger partial charge is 0.125 e. The maximum Gasteiger partial charge on any atom is 0.125 e. The van der Waals surface area contributed by atoms with E-state index in [2.05, 4.69) is 50.3 Å². The molecule has 1 N–H and O–H groups in total. The molecule has 1 rings (SSSR count). The highest BCUT2D eigenvalue weighted by atomic mass is 16.5. The van der Waals surface area contributed by atoms with Crippen LogP contribution in [0.2, 0.25) is 0 Å². The van der Waals surface area contributed by atoms with Gasteiger partial charge in [0.15, 0.2) is 0 Å². The fourth-order valence-corrected chi connectivity index (χ4v) is 1.89. The molecule has 3 nitrogen and oxygen atoms in total. The van der Waals surface area contributed by atoms with Crippen molar-refractivity contribution >= 4 is 0 Å². The first-order valence-corrected chi connectivity index (χ1v) is 5.50. The molecule has 90 valence electrons. The molecule has 0 saturated heterocycles. The molecule has 3 heteroatoms. The normalized spacial score (nSPS) is 12.9. The number of ether oxygens (including phenoxy) is 1. The summed E-state index contributed by atoms with van der Waals surface area (Å²) in [5.74, 6) is 0.941. The summed E-state index contributed by atoms with van der Waals surface area (Å²) in [6.45, 7) is 4.23. The number of benzene rings is 1. The van der Waals surface area contributed by atoms with E-state index in [0.717, 1.165) is 5.75 Å². The standard InChI is InChI=1S/C13H22N2O/c1-9-7-11(13(14-3)15(4)5)12(16-6)8-10(9)2/h7-8,13-14H,1-6H3.